The zero-order chi connectivity index (χ0) is 11.0. The quantitative estimate of drug-likeness (QED) is 0.793. The third-order valence-electron chi connectivity index (χ3n) is 4.20. The lowest BCUT2D eigenvalue weighted by atomic mass is 10.0. The van der Waals surface area contributed by atoms with Crippen LogP contribution in [0, 0.1) is 5.92 Å². The molecule has 1 N–H and O–H groups in total. The molecule has 4 heteroatoms. The van der Waals surface area contributed by atoms with Crippen LogP contribution in [0.25, 0.3) is 0 Å². The summed E-state index contributed by atoms with van der Waals surface area (Å²) in [5, 5.41) is 3.44. The molecule has 1 amide bonds. The third kappa shape index (κ3) is 1.86. The van der Waals surface area contributed by atoms with E-state index < -0.39 is 0 Å². The summed E-state index contributed by atoms with van der Waals surface area (Å²) in [6.45, 7) is 0.572. The number of nitrogens with zero attached hydrogens (tertiary/aromatic N) is 1. The zero-order valence-corrected chi connectivity index (χ0v) is 10.5. The minimum absolute atomic E-state index is 0.337. The molecular weight excluding hydrogens is 220 g/mol. The van der Waals surface area contributed by atoms with Crippen molar-refractivity contribution in [2.75, 3.05) is 18.1 Å². The summed E-state index contributed by atoms with van der Waals surface area (Å²) in [4.78, 5) is 14.2. The Kier molecular flexibility index (Phi) is 3.11. The van der Waals surface area contributed by atoms with Crippen LogP contribution in [-0.2, 0) is 4.79 Å². The van der Waals surface area contributed by atoms with Gasteiger partial charge in [-0.3, -0.25) is 10.1 Å². The van der Waals surface area contributed by atoms with Gasteiger partial charge in [0, 0.05) is 11.8 Å². The number of carbonyl (C=O) groups is 1. The molecule has 3 aliphatic rings. The first-order valence-corrected chi connectivity index (χ1v) is 7.64. The van der Waals surface area contributed by atoms with Gasteiger partial charge < -0.3 is 4.90 Å². The molecule has 1 saturated carbocycles. The van der Waals surface area contributed by atoms with E-state index in [4.69, 9.17) is 0 Å². The summed E-state index contributed by atoms with van der Waals surface area (Å²) in [6.07, 6.45) is 6.87. The van der Waals surface area contributed by atoms with Crippen molar-refractivity contribution in [3.63, 3.8) is 0 Å². The van der Waals surface area contributed by atoms with Gasteiger partial charge in [-0.2, -0.15) is 11.8 Å². The maximum absolute atomic E-state index is 12.0. The van der Waals surface area contributed by atoms with Crippen molar-refractivity contribution in [2.45, 2.75) is 44.3 Å². The van der Waals surface area contributed by atoms with Gasteiger partial charge in [0.05, 0.1) is 12.7 Å². The Morgan fingerprint density at radius 2 is 2.06 bits per heavy atom. The van der Waals surface area contributed by atoms with Gasteiger partial charge in [-0.15, -0.1) is 0 Å². The highest BCUT2D eigenvalue weighted by Gasteiger charge is 2.41. The van der Waals surface area contributed by atoms with E-state index in [1.165, 1.54) is 37.9 Å². The molecule has 0 bridgehead atoms. The predicted octanol–water partition coefficient (Wildman–Crippen LogP) is 1.44. The summed E-state index contributed by atoms with van der Waals surface area (Å²) in [5.41, 5.74) is 0. The summed E-state index contributed by atoms with van der Waals surface area (Å²) >= 11 is 1.99. The fourth-order valence-electron chi connectivity index (χ4n) is 3.38. The standard InChI is InChI=1S/C12H20N2OS/c15-11-7-13-12(9-3-1-2-4-9)14(11)10-5-6-16-8-10/h9-10,12-13H,1-8H2. The molecule has 2 atom stereocenters. The Labute approximate surface area is 101 Å². The van der Waals surface area contributed by atoms with Crippen LogP contribution < -0.4 is 5.32 Å². The van der Waals surface area contributed by atoms with Crippen molar-refractivity contribution < 1.29 is 4.79 Å². The first kappa shape index (κ1) is 10.9. The number of hydrogen-bond acceptors (Lipinski definition) is 3. The lowest BCUT2D eigenvalue weighted by Gasteiger charge is -2.33. The Balaban J connectivity index is 1.73. The predicted molar refractivity (Wildman–Crippen MR) is 66.3 cm³/mol. The highest BCUT2D eigenvalue weighted by Crippen LogP contribution is 2.34. The lowest BCUT2D eigenvalue weighted by molar-refractivity contribution is -0.130. The van der Waals surface area contributed by atoms with Crippen LogP contribution >= 0.6 is 11.8 Å². The van der Waals surface area contributed by atoms with Gasteiger partial charge in [0.2, 0.25) is 5.91 Å². The monoisotopic (exact) mass is 240 g/mol. The molecule has 3 nitrogen and oxygen atoms in total. The molecular formula is C12H20N2OS. The lowest BCUT2D eigenvalue weighted by Crippen LogP contribution is -2.48. The zero-order valence-electron chi connectivity index (χ0n) is 9.65. The molecule has 2 saturated heterocycles. The minimum atomic E-state index is 0.337. The van der Waals surface area contributed by atoms with Crippen LogP contribution in [0.2, 0.25) is 0 Å². The molecule has 0 radical (unpaired) electrons. The van der Waals surface area contributed by atoms with Crippen LogP contribution in [0.4, 0.5) is 0 Å². The maximum Gasteiger partial charge on any atom is 0.238 e. The summed E-state index contributed by atoms with van der Waals surface area (Å²) in [7, 11) is 0. The van der Waals surface area contributed by atoms with Gasteiger partial charge in [0.15, 0.2) is 0 Å². The van der Waals surface area contributed by atoms with Crippen molar-refractivity contribution in [3.8, 4) is 0 Å². The van der Waals surface area contributed by atoms with Crippen LogP contribution in [-0.4, -0.2) is 41.1 Å². The van der Waals surface area contributed by atoms with Crippen LogP contribution in [0.5, 0.6) is 0 Å². The summed E-state index contributed by atoms with van der Waals surface area (Å²) in [6, 6.07) is 0.512. The third-order valence-corrected chi connectivity index (χ3v) is 5.34. The van der Waals surface area contributed by atoms with E-state index in [-0.39, 0.29) is 0 Å². The molecule has 1 aliphatic carbocycles. The van der Waals surface area contributed by atoms with E-state index in [1.54, 1.807) is 0 Å². The second kappa shape index (κ2) is 4.57. The van der Waals surface area contributed by atoms with E-state index in [0.29, 0.717) is 24.7 Å². The van der Waals surface area contributed by atoms with Gasteiger partial charge in [-0.25, -0.2) is 0 Å². The van der Waals surface area contributed by atoms with E-state index in [1.807, 2.05) is 11.8 Å². The number of rotatable bonds is 2. The topological polar surface area (TPSA) is 32.3 Å². The van der Waals surface area contributed by atoms with Gasteiger partial charge in [0.25, 0.3) is 0 Å². The van der Waals surface area contributed by atoms with Crippen molar-refractivity contribution in [1.29, 1.82) is 0 Å². The summed E-state index contributed by atoms with van der Waals surface area (Å²) in [5.74, 6) is 3.43. The van der Waals surface area contributed by atoms with E-state index in [0.717, 1.165) is 11.7 Å². The van der Waals surface area contributed by atoms with E-state index in [9.17, 15) is 4.79 Å². The number of amides is 1. The van der Waals surface area contributed by atoms with Crippen molar-refractivity contribution in [3.05, 3.63) is 0 Å². The Bertz CT molecular complexity index is 272. The largest absolute Gasteiger partial charge is 0.322 e. The molecule has 2 aliphatic heterocycles. The number of nitrogens with one attached hydrogen (secondary N) is 1. The molecule has 0 aromatic rings. The Morgan fingerprint density at radius 3 is 2.75 bits per heavy atom. The van der Waals surface area contributed by atoms with Gasteiger partial charge in [0.1, 0.15) is 0 Å². The average Bonchev–Trinajstić information content (AvgIpc) is 2.96. The Morgan fingerprint density at radius 1 is 1.25 bits per heavy atom. The highest BCUT2D eigenvalue weighted by atomic mass is 32.2. The molecule has 90 valence electrons. The number of carbonyl (C=O) groups excluding carboxylic acids is 1. The van der Waals surface area contributed by atoms with Crippen LogP contribution in [0.3, 0.4) is 0 Å². The Hall–Kier alpha value is -0.220. The first-order valence-electron chi connectivity index (χ1n) is 6.48. The van der Waals surface area contributed by atoms with Gasteiger partial charge in [-0.05, 0) is 30.9 Å². The van der Waals surface area contributed by atoms with Crippen LogP contribution in [0.1, 0.15) is 32.1 Å². The highest BCUT2D eigenvalue weighted by molar-refractivity contribution is 7.99. The SMILES string of the molecule is O=C1CNC(C2CCCC2)N1C1CCSC1. The molecule has 2 heterocycles. The minimum Gasteiger partial charge on any atom is -0.322 e. The summed E-state index contributed by atoms with van der Waals surface area (Å²) < 4.78 is 0. The fourth-order valence-corrected chi connectivity index (χ4v) is 4.58. The van der Waals surface area contributed by atoms with Crippen molar-refractivity contribution in [1.82, 2.24) is 10.2 Å². The van der Waals surface area contributed by atoms with E-state index in [2.05, 4.69) is 10.2 Å². The molecule has 0 spiro atoms. The molecule has 3 rings (SSSR count). The van der Waals surface area contributed by atoms with E-state index >= 15 is 0 Å². The van der Waals surface area contributed by atoms with Crippen LogP contribution in [0.15, 0.2) is 0 Å². The molecule has 3 fully saturated rings. The molecule has 0 aromatic carbocycles. The second-order valence-corrected chi connectivity index (χ2v) is 6.34. The normalized spacial score (nSPS) is 36.5. The number of hydrogen-bond donors (Lipinski definition) is 1. The molecule has 2 unspecified atom stereocenters. The second-order valence-electron chi connectivity index (χ2n) is 5.19. The van der Waals surface area contributed by atoms with Crippen molar-refractivity contribution >= 4 is 17.7 Å². The van der Waals surface area contributed by atoms with Crippen molar-refractivity contribution in [2.24, 2.45) is 5.92 Å². The maximum atomic E-state index is 12.0. The molecule has 0 aromatic heterocycles. The smallest absolute Gasteiger partial charge is 0.238 e. The average molecular weight is 240 g/mol. The number of thioether (sulfide) groups is 1. The van der Waals surface area contributed by atoms with Gasteiger partial charge >= 0.3 is 0 Å². The van der Waals surface area contributed by atoms with Gasteiger partial charge in [-0.1, -0.05) is 12.8 Å². The fraction of sp³-hybridized carbons (Fsp3) is 0.917. The molecule has 16 heavy (non-hydrogen) atoms. The first-order chi connectivity index (χ1) is 7.86.